The number of hydrogen-bond acceptors (Lipinski definition) is 5. The van der Waals surface area contributed by atoms with E-state index in [4.69, 9.17) is 0 Å². The lowest BCUT2D eigenvalue weighted by Gasteiger charge is -2.28. The first-order valence-corrected chi connectivity index (χ1v) is 10.9. The van der Waals surface area contributed by atoms with Gasteiger partial charge in [-0.15, -0.1) is 5.10 Å². The molecule has 9 heteroatoms. The van der Waals surface area contributed by atoms with Crippen LogP contribution in [0.1, 0.15) is 45.6 Å². The number of benzene rings is 1. The zero-order valence-electron chi connectivity index (χ0n) is 16.1. The number of sulfonamides is 1. The van der Waals surface area contributed by atoms with Crippen LogP contribution in [0.25, 0.3) is 11.0 Å². The normalized spacial score (nSPS) is 16.8. The Kier molecular flexibility index (Phi) is 5.81. The molecule has 8 nitrogen and oxygen atoms in total. The van der Waals surface area contributed by atoms with E-state index in [0.717, 1.165) is 35.5 Å². The van der Waals surface area contributed by atoms with Crippen molar-refractivity contribution >= 4 is 27.0 Å². The quantitative estimate of drug-likeness (QED) is 0.749. The average Bonchev–Trinajstić information content (AvgIpc) is 3.11. The SMILES string of the molecule is CCC(C)n1nnc2cc(S(=O)(=O)N(C)CC(=O)N3CCCCC3)ccc21. The van der Waals surface area contributed by atoms with Crippen LogP contribution in [0.15, 0.2) is 23.1 Å². The summed E-state index contributed by atoms with van der Waals surface area (Å²) in [5.74, 6) is -0.149. The van der Waals surface area contributed by atoms with Crippen LogP contribution in [0.2, 0.25) is 0 Å². The molecule has 0 radical (unpaired) electrons. The van der Waals surface area contributed by atoms with Gasteiger partial charge in [0.15, 0.2) is 0 Å². The number of carbonyl (C=O) groups is 1. The second-order valence-electron chi connectivity index (χ2n) is 7.14. The molecule has 148 valence electrons. The second kappa shape index (κ2) is 7.93. The summed E-state index contributed by atoms with van der Waals surface area (Å²) in [7, 11) is -2.33. The molecule has 1 unspecified atom stereocenters. The van der Waals surface area contributed by atoms with E-state index in [1.54, 1.807) is 21.7 Å². The molecule has 1 atom stereocenters. The summed E-state index contributed by atoms with van der Waals surface area (Å²) in [5.41, 5.74) is 1.34. The number of likely N-dealkylation sites (tertiary alicyclic amines) is 1. The molecular weight excluding hydrogens is 366 g/mol. The largest absolute Gasteiger partial charge is 0.342 e. The van der Waals surface area contributed by atoms with E-state index >= 15 is 0 Å². The first kappa shape index (κ1) is 19.8. The second-order valence-corrected chi connectivity index (χ2v) is 9.19. The van der Waals surface area contributed by atoms with Gasteiger partial charge in [-0.25, -0.2) is 13.1 Å². The van der Waals surface area contributed by atoms with Crippen LogP contribution in [0.4, 0.5) is 0 Å². The predicted molar refractivity (Wildman–Crippen MR) is 103 cm³/mol. The standard InChI is InChI=1S/C18H27N5O3S/c1-4-14(2)23-17-9-8-15(12-16(17)19-20-23)27(25,26)21(3)13-18(24)22-10-6-5-7-11-22/h8-9,12,14H,4-7,10-11,13H2,1-3H3. The third-order valence-electron chi connectivity index (χ3n) is 5.23. The Morgan fingerprint density at radius 1 is 1.26 bits per heavy atom. The maximum absolute atomic E-state index is 12.9. The van der Waals surface area contributed by atoms with Gasteiger partial charge in [-0.2, -0.15) is 4.31 Å². The van der Waals surface area contributed by atoms with E-state index in [9.17, 15) is 13.2 Å². The fraction of sp³-hybridized carbons (Fsp3) is 0.611. The molecule has 2 aromatic rings. The number of amides is 1. The van der Waals surface area contributed by atoms with Crippen LogP contribution in [-0.4, -0.2) is 65.2 Å². The highest BCUT2D eigenvalue weighted by Crippen LogP contribution is 2.23. The summed E-state index contributed by atoms with van der Waals surface area (Å²) in [6, 6.07) is 5.00. The van der Waals surface area contributed by atoms with Crippen molar-refractivity contribution in [3.8, 4) is 0 Å². The van der Waals surface area contributed by atoms with Crippen molar-refractivity contribution in [1.29, 1.82) is 0 Å². The van der Waals surface area contributed by atoms with Gasteiger partial charge in [0.1, 0.15) is 5.52 Å². The number of fused-ring (bicyclic) bond motifs is 1. The van der Waals surface area contributed by atoms with Gasteiger partial charge in [0, 0.05) is 20.1 Å². The van der Waals surface area contributed by atoms with E-state index in [-0.39, 0.29) is 23.4 Å². The zero-order chi connectivity index (χ0) is 19.6. The van der Waals surface area contributed by atoms with Crippen molar-refractivity contribution in [2.75, 3.05) is 26.7 Å². The highest BCUT2D eigenvalue weighted by molar-refractivity contribution is 7.89. The minimum Gasteiger partial charge on any atom is -0.342 e. The first-order valence-electron chi connectivity index (χ1n) is 9.43. The Morgan fingerprint density at radius 3 is 2.63 bits per heavy atom. The summed E-state index contributed by atoms with van der Waals surface area (Å²) >= 11 is 0. The van der Waals surface area contributed by atoms with Crippen molar-refractivity contribution in [2.24, 2.45) is 0 Å². The maximum atomic E-state index is 12.9. The molecule has 1 aliphatic rings. The number of carbonyl (C=O) groups excluding carboxylic acids is 1. The van der Waals surface area contributed by atoms with Gasteiger partial charge < -0.3 is 4.90 Å². The molecule has 0 N–H and O–H groups in total. The van der Waals surface area contributed by atoms with Crippen LogP contribution in [-0.2, 0) is 14.8 Å². The lowest BCUT2D eigenvalue weighted by atomic mass is 10.1. The van der Waals surface area contributed by atoms with Crippen molar-refractivity contribution in [2.45, 2.75) is 50.5 Å². The third-order valence-corrected chi connectivity index (χ3v) is 7.03. The Hall–Kier alpha value is -2.00. The van der Waals surface area contributed by atoms with Crippen LogP contribution < -0.4 is 0 Å². The van der Waals surface area contributed by atoms with Crippen molar-refractivity contribution in [1.82, 2.24) is 24.2 Å². The minimum atomic E-state index is -3.77. The van der Waals surface area contributed by atoms with Crippen LogP contribution in [0.5, 0.6) is 0 Å². The van der Waals surface area contributed by atoms with Gasteiger partial charge in [-0.1, -0.05) is 12.1 Å². The zero-order valence-corrected chi connectivity index (χ0v) is 16.9. The summed E-state index contributed by atoms with van der Waals surface area (Å²) in [6.07, 6.45) is 3.98. The summed E-state index contributed by atoms with van der Waals surface area (Å²) in [4.78, 5) is 14.3. The maximum Gasteiger partial charge on any atom is 0.243 e. The highest BCUT2D eigenvalue weighted by Gasteiger charge is 2.26. The molecule has 1 aromatic heterocycles. The molecule has 1 fully saturated rings. The fourth-order valence-corrected chi connectivity index (χ4v) is 4.42. The number of nitrogens with zero attached hydrogens (tertiary/aromatic N) is 5. The molecule has 1 saturated heterocycles. The lowest BCUT2D eigenvalue weighted by molar-refractivity contribution is -0.132. The molecule has 0 saturated carbocycles. The Labute approximate surface area is 160 Å². The molecule has 1 aromatic carbocycles. The number of likely N-dealkylation sites (N-methyl/N-ethyl adjacent to an activating group) is 1. The molecule has 0 bridgehead atoms. The van der Waals surface area contributed by atoms with E-state index < -0.39 is 10.0 Å². The Morgan fingerprint density at radius 2 is 1.96 bits per heavy atom. The molecule has 0 spiro atoms. The van der Waals surface area contributed by atoms with Crippen molar-refractivity contribution < 1.29 is 13.2 Å². The van der Waals surface area contributed by atoms with Gasteiger partial charge in [0.25, 0.3) is 0 Å². The molecule has 1 amide bonds. The number of rotatable bonds is 6. The Bertz CT molecular complexity index is 918. The average molecular weight is 394 g/mol. The van der Waals surface area contributed by atoms with E-state index in [0.29, 0.717) is 18.6 Å². The third kappa shape index (κ3) is 3.98. The first-order chi connectivity index (χ1) is 12.8. The predicted octanol–water partition coefficient (Wildman–Crippen LogP) is 2.04. The number of piperidine rings is 1. The minimum absolute atomic E-state index is 0.125. The monoisotopic (exact) mass is 393 g/mol. The topological polar surface area (TPSA) is 88.4 Å². The molecule has 3 rings (SSSR count). The summed E-state index contributed by atoms with van der Waals surface area (Å²) in [6.45, 7) is 5.36. The molecule has 2 heterocycles. The van der Waals surface area contributed by atoms with E-state index in [1.807, 2.05) is 6.92 Å². The van der Waals surface area contributed by atoms with Crippen LogP contribution in [0.3, 0.4) is 0 Å². The van der Waals surface area contributed by atoms with E-state index in [2.05, 4.69) is 17.2 Å². The van der Waals surface area contributed by atoms with Crippen LogP contribution >= 0.6 is 0 Å². The summed E-state index contributed by atoms with van der Waals surface area (Å²) in [5, 5.41) is 8.25. The summed E-state index contributed by atoms with van der Waals surface area (Å²) < 4.78 is 28.7. The molecule has 0 aliphatic carbocycles. The van der Waals surface area contributed by atoms with E-state index in [1.165, 1.54) is 13.1 Å². The van der Waals surface area contributed by atoms with Gasteiger partial charge in [0.2, 0.25) is 15.9 Å². The number of hydrogen-bond donors (Lipinski definition) is 0. The fourth-order valence-electron chi connectivity index (χ4n) is 3.28. The van der Waals surface area contributed by atoms with Crippen molar-refractivity contribution in [3.63, 3.8) is 0 Å². The highest BCUT2D eigenvalue weighted by atomic mass is 32.2. The molecule has 1 aliphatic heterocycles. The molecular formula is C18H27N5O3S. The Balaban J connectivity index is 1.80. The van der Waals surface area contributed by atoms with Gasteiger partial charge >= 0.3 is 0 Å². The molecule has 27 heavy (non-hydrogen) atoms. The van der Waals surface area contributed by atoms with Crippen LogP contribution in [0, 0.1) is 0 Å². The lowest BCUT2D eigenvalue weighted by Crippen LogP contribution is -2.43. The van der Waals surface area contributed by atoms with Gasteiger partial charge in [-0.3, -0.25) is 4.79 Å². The van der Waals surface area contributed by atoms with Gasteiger partial charge in [-0.05, 0) is 50.8 Å². The van der Waals surface area contributed by atoms with Gasteiger partial charge in [0.05, 0.1) is 23.0 Å². The smallest absolute Gasteiger partial charge is 0.243 e. The van der Waals surface area contributed by atoms with Crippen molar-refractivity contribution in [3.05, 3.63) is 18.2 Å². The number of aromatic nitrogens is 3.